The van der Waals surface area contributed by atoms with Crippen LogP contribution in [0.3, 0.4) is 0 Å². The third-order valence-electron chi connectivity index (χ3n) is 3.50. The Morgan fingerprint density at radius 3 is 2.39 bits per heavy atom. The molecule has 0 saturated carbocycles. The second-order valence-electron chi connectivity index (χ2n) is 5.41. The van der Waals surface area contributed by atoms with Crippen LogP contribution in [0.1, 0.15) is 24.1 Å². The van der Waals surface area contributed by atoms with E-state index in [2.05, 4.69) is 10.6 Å². The van der Waals surface area contributed by atoms with Crippen LogP contribution in [0.2, 0.25) is 0 Å². The maximum absolute atomic E-state index is 11.9. The molecule has 122 valence electrons. The Morgan fingerprint density at radius 1 is 1.04 bits per heavy atom. The molecule has 4 nitrogen and oxygen atoms in total. The fourth-order valence-electron chi connectivity index (χ4n) is 2.23. The van der Waals surface area contributed by atoms with Crippen LogP contribution in [0, 0.1) is 0 Å². The van der Waals surface area contributed by atoms with E-state index in [0.717, 1.165) is 11.1 Å². The number of rotatable bonds is 9. The first kappa shape index (κ1) is 17.2. The van der Waals surface area contributed by atoms with Gasteiger partial charge in [0, 0.05) is 6.54 Å². The molecular weight excluding hydrogens is 288 g/mol. The maximum atomic E-state index is 11.9. The summed E-state index contributed by atoms with van der Waals surface area (Å²) in [5.74, 6) is -0.00980. The van der Waals surface area contributed by atoms with Gasteiger partial charge >= 0.3 is 0 Å². The Balaban J connectivity index is 1.55. The van der Waals surface area contributed by atoms with Crippen LogP contribution in [-0.2, 0) is 16.1 Å². The molecule has 1 amide bonds. The Bertz CT molecular complexity index is 572. The van der Waals surface area contributed by atoms with Gasteiger partial charge in [-0.1, -0.05) is 60.7 Å². The van der Waals surface area contributed by atoms with Crippen molar-refractivity contribution >= 4 is 5.91 Å². The summed E-state index contributed by atoms with van der Waals surface area (Å²) < 4.78 is 5.56. The summed E-state index contributed by atoms with van der Waals surface area (Å²) >= 11 is 0. The molecule has 0 spiro atoms. The minimum absolute atomic E-state index is 0.00980. The fourth-order valence-corrected chi connectivity index (χ4v) is 2.23. The largest absolute Gasteiger partial charge is 0.375 e. The van der Waals surface area contributed by atoms with Crippen LogP contribution in [0.4, 0.5) is 0 Å². The van der Waals surface area contributed by atoms with Crippen molar-refractivity contribution in [2.45, 2.75) is 19.6 Å². The minimum atomic E-state index is -0.00980. The zero-order valence-electron chi connectivity index (χ0n) is 13.5. The maximum Gasteiger partial charge on any atom is 0.234 e. The van der Waals surface area contributed by atoms with Crippen LogP contribution in [0.25, 0.3) is 0 Å². The van der Waals surface area contributed by atoms with Gasteiger partial charge in [0.1, 0.15) is 0 Å². The Kier molecular flexibility index (Phi) is 7.30. The molecule has 0 aliphatic rings. The van der Waals surface area contributed by atoms with Crippen molar-refractivity contribution in [3.8, 4) is 0 Å². The van der Waals surface area contributed by atoms with E-state index in [-0.39, 0.29) is 11.9 Å². The lowest BCUT2D eigenvalue weighted by molar-refractivity contribution is -0.120. The molecule has 2 aromatic carbocycles. The van der Waals surface area contributed by atoms with E-state index in [4.69, 9.17) is 4.74 Å². The van der Waals surface area contributed by atoms with E-state index < -0.39 is 0 Å². The molecule has 0 heterocycles. The van der Waals surface area contributed by atoms with Crippen molar-refractivity contribution in [2.75, 3.05) is 19.7 Å². The first-order valence-corrected chi connectivity index (χ1v) is 7.92. The standard InChI is InChI=1S/C19H24N2O2/c1-16(18-10-6-3-7-11-18)21-19(22)14-20-12-13-23-15-17-8-4-2-5-9-17/h2-11,16,20H,12-15H2,1H3,(H,21,22)/t16-/m1/s1. The number of ether oxygens (including phenoxy) is 1. The Morgan fingerprint density at radius 2 is 1.70 bits per heavy atom. The fraction of sp³-hybridized carbons (Fsp3) is 0.316. The molecule has 0 aromatic heterocycles. The predicted molar refractivity (Wildman–Crippen MR) is 92.0 cm³/mol. The average Bonchev–Trinajstić information content (AvgIpc) is 2.59. The van der Waals surface area contributed by atoms with Crippen molar-refractivity contribution in [2.24, 2.45) is 0 Å². The second kappa shape index (κ2) is 9.77. The van der Waals surface area contributed by atoms with Crippen LogP contribution in [0.15, 0.2) is 60.7 Å². The molecule has 0 fully saturated rings. The Hall–Kier alpha value is -2.17. The molecule has 2 aromatic rings. The Labute approximate surface area is 137 Å². The number of carbonyl (C=O) groups is 1. The summed E-state index contributed by atoms with van der Waals surface area (Å²) in [5.41, 5.74) is 2.26. The number of benzene rings is 2. The summed E-state index contributed by atoms with van der Waals surface area (Å²) in [5, 5.41) is 6.06. The zero-order valence-corrected chi connectivity index (χ0v) is 13.5. The highest BCUT2D eigenvalue weighted by atomic mass is 16.5. The highest BCUT2D eigenvalue weighted by Crippen LogP contribution is 2.10. The number of hydrogen-bond acceptors (Lipinski definition) is 3. The van der Waals surface area contributed by atoms with E-state index >= 15 is 0 Å². The van der Waals surface area contributed by atoms with Crippen LogP contribution < -0.4 is 10.6 Å². The predicted octanol–water partition coefficient (Wildman–Crippen LogP) is 2.67. The van der Waals surface area contributed by atoms with Crippen molar-refractivity contribution in [1.29, 1.82) is 0 Å². The van der Waals surface area contributed by atoms with Crippen LogP contribution in [-0.4, -0.2) is 25.6 Å². The van der Waals surface area contributed by atoms with Gasteiger partial charge in [-0.3, -0.25) is 4.79 Å². The second-order valence-corrected chi connectivity index (χ2v) is 5.41. The number of hydrogen-bond donors (Lipinski definition) is 2. The highest BCUT2D eigenvalue weighted by Gasteiger charge is 2.08. The average molecular weight is 312 g/mol. The summed E-state index contributed by atoms with van der Waals surface area (Å²) in [6.45, 7) is 4.11. The van der Waals surface area contributed by atoms with Gasteiger partial charge in [0.15, 0.2) is 0 Å². The summed E-state index contributed by atoms with van der Waals surface area (Å²) in [6.07, 6.45) is 0. The van der Waals surface area contributed by atoms with Gasteiger partial charge < -0.3 is 15.4 Å². The lowest BCUT2D eigenvalue weighted by Gasteiger charge is -2.14. The molecule has 0 aliphatic heterocycles. The monoisotopic (exact) mass is 312 g/mol. The molecule has 0 aliphatic carbocycles. The SMILES string of the molecule is C[C@@H](NC(=O)CNCCOCc1ccccc1)c1ccccc1. The van der Waals surface area contributed by atoms with Gasteiger partial charge in [0.2, 0.25) is 5.91 Å². The molecule has 0 bridgehead atoms. The van der Waals surface area contributed by atoms with Gasteiger partial charge in [-0.05, 0) is 18.1 Å². The van der Waals surface area contributed by atoms with Crippen LogP contribution >= 0.6 is 0 Å². The molecule has 0 unspecified atom stereocenters. The van der Waals surface area contributed by atoms with Crippen LogP contribution in [0.5, 0.6) is 0 Å². The van der Waals surface area contributed by atoms with E-state index in [1.807, 2.05) is 67.6 Å². The third-order valence-corrected chi connectivity index (χ3v) is 3.50. The van der Waals surface area contributed by atoms with Gasteiger partial charge in [0.25, 0.3) is 0 Å². The van der Waals surface area contributed by atoms with E-state index in [1.54, 1.807) is 0 Å². The molecule has 23 heavy (non-hydrogen) atoms. The molecule has 2 N–H and O–H groups in total. The van der Waals surface area contributed by atoms with E-state index in [9.17, 15) is 4.79 Å². The molecule has 4 heteroatoms. The zero-order chi connectivity index (χ0) is 16.3. The number of amides is 1. The smallest absolute Gasteiger partial charge is 0.234 e. The molecule has 0 saturated heterocycles. The van der Waals surface area contributed by atoms with E-state index in [0.29, 0.717) is 26.3 Å². The van der Waals surface area contributed by atoms with Crippen molar-refractivity contribution in [3.05, 3.63) is 71.8 Å². The van der Waals surface area contributed by atoms with Crippen molar-refractivity contribution in [1.82, 2.24) is 10.6 Å². The van der Waals surface area contributed by atoms with Gasteiger partial charge in [-0.15, -0.1) is 0 Å². The first-order valence-electron chi connectivity index (χ1n) is 7.92. The normalized spacial score (nSPS) is 11.9. The quantitative estimate of drug-likeness (QED) is 0.700. The highest BCUT2D eigenvalue weighted by molar-refractivity contribution is 5.78. The summed E-state index contributed by atoms with van der Waals surface area (Å²) in [4.78, 5) is 11.9. The minimum Gasteiger partial charge on any atom is -0.375 e. The molecule has 1 atom stereocenters. The summed E-state index contributed by atoms with van der Waals surface area (Å²) in [7, 11) is 0. The first-order chi connectivity index (χ1) is 11.3. The molecular formula is C19H24N2O2. The third kappa shape index (κ3) is 6.63. The lowest BCUT2D eigenvalue weighted by atomic mass is 10.1. The van der Waals surface area contributed by atoms with E-state index in [1.165, 1.54) is 0 Å². The van der Waals surface area contributed by atoms with Crippen molar-refractivity contribution in [3.63, 3.8) is 0 Å². The topological polar surface area (TPSA) is 50.4 Å². The molecule has 0 radical (unpaired) electrons. The summed E-state index contributed by atoms with van der Waals surface area (Å²) in [6, 6.07) is 20.0. The number of nitrogens with one attached hydrogen (secondary N) is 2. The van der Waals surface area contributed by atoms with Gasteiger partial charge in [-0.2, -0.15) is 0 Å². The van der Waals surface area contributed by atoms with Crippen molar-refractivity contribution < 1.29 is 9.53 Å². The van der Waals surface area contributed by atoms with Gasteiger partial charge in [0.05, 0.1) is 25.8 Å². The van der Waals surface area contributed by atoms with Gasteiger partial charge in [-0.25, -0.2) is 0 Å². The molecule has 2 rings (SSSR count). The number of carbonyl (C=O) groups excluding carboxylic acids is 1. The lowest BCUT2D eigenvalue weighted by Crippen LogP contribution is -2.36.